The first-order valence-electron chi connectivity index (χ1n) is 9.71. The molecule has 0 atom stereocenters. The smallest absolute Gasteiger partial charge is 0.219 e. The standard InChI is InChI=1S/C19H40N2O2.ClH/c1-4-5-6-7-8-9-10-11-12-14-19(23)20-15-13-16-21(2,3)17-18-22;/h22H,4-18H2,1-3H3;1H. The number of hydrogen-bond donors (Lipinski definition) is 2. The zero-order valence-electron chi connectivity index (χ0n) is 16.3. The predicted molar refractivity (Wildman–Crippen MR) is 98.4 cm³/mol. The fraction of sp³-hybridized carbons (Fsp3) is 0.947. The summed E-state index contributed by atoms with van der Waals surface area (Å²) in [6.45, 7) is 4.98. The lowest BCUT2D eigenvalue weighted by molar-refractivity contribution is -0.890. The number of rotatable bonds is 16. The van der Waals surface area contributed by atoms with Gasteiger partial charge in [-0.15, -0.1) is 0 Å². The third-order valence-corrected chi connectivity index (χ3v) is 4.48. The van der Waals surface area contributed by atoms with Crippen molar-refractivity contribution in [2.75, 3.05) is 40.3 Å². The summed E-state index contributed by atoms with van der Waals surface area (Å²) in [7, 11) is 4.22. The van der Waals surface area contributed by atoms with E-state index in [-0.39, 0.29) is 24.9 Å². The summed E-state index contributed by atoms with van der Waals surface area (Å²) < 4.78 is 0.810. The van der Waals surface area contributed by atoms with Crippen molar-refractivity contribution in [3.8, 4) is 0 Å². The highest BCUT2D eigenvalue weighted by Gasteiger charge is 2.13. The van der Waals surface area contributed by atoms with Gasteiger partial charge in [-0.3, -0.25) is 4.79 Å². The van der Waals surface area contributed by atoms with E-state index in [0.29, 0.717) is 6.42 Å². The molecule has 0 fully saturated rings. The molecule has 5 heteroatoms. The Labute approximate surface area is 156 Å². The Morgan fingerprint density at radius 2 is 1.42 bits per heavy atom. The first-order valence-corrected chi connectivity index (χ1v) is 9.71. The summed E-state index contributed by atoms with van der Waals surface area (Å²) in [5.41, 5.74) is 0. The minimum Gasteiger partial charge on any atom is -1.00 e. The van der Waals surface area contributed by atoms with Gasteiger partial charge in [0.05, 0.1) is 27.2 Å². The lowest BCUT2D eigenvalue weighted by Gasteiger charge is -2.28. The number of carbonyl (C=O) groups is 1. The van der Waals surface area contributed by atoms with Crippen LogP contribution in [0.15, 0.2) is 0 Å². The van der Waals surface area contributed by atoms with Gasteiger partial charge < -0.3 is 27.3 Å². The Balaban J connectivity index is 0. The van der Waals surface area contributed by atoms with Gasteiger partial charge in [-0.2, -0.15) is 0 Å². The molecular formula is C19H41ClN2O2. The second-order valence-corrected chi connectivity index (χ2v) is 7.39. The predicted octanol–water partition coefficient (Wildman–Crippen LogP) is 0.486. The molecule has 0 heterocycles. The van der Waals surface area contributed by atoms with E-state index in [4.69, 9.17) is 5.11 Å². The van der Waals surface area contributed by atoms with Gasteiger partial charge in [0.2, 0.25) is 5.91 Å². The molecule has 0 radical (unpaired) electrons. The first kappa shape index (κ1) is 25.9. The Morgan fingerprint density at radius 1 is 0.875 bits per heavy atom. The van der Waals surface area contributed by atoms with Crippen LogP contribution in [0.3, 0.4) is 0 Å². The summed E-state index contributed by atoms with van der Waals surface area (Å²) in [5.74, 6) is 0.195. The number of carbonyl (C=O) groups excluding carboxylic acids is 1. The third-order valence-electron chi connectivity index (χ3n) is 4.48. The van der Waals surface area contributed by atoms with Crippen LogP contribution < -0.4 is 17.7 Å². The number of amides is 1. The quantitative estimate of drug-likeness (QED) is 0.309. The van der Waals surface area contributed by atoms with Crippen molar-refractivity contribution in [1.82, 2.24) is 5.32 Å². The highest BCUT2D eigenvalue weighted by Crippen LogP contribution is 2.10. The van der Waals surface area contributed by atoms with Crippen molar-refractivity contribution < 1.29 is 26.8 Å². The van der Waals surface area contributed by atoms with Crippen LogP contribution in [-0.2, 0) is 4.79 Å². The van der Waals surface area contributed by atoms with Crippen molar-refractivity contribution in [2.24, 2.45) is 0 Å². The van der Waals surface area contributed by atoms with Crippen LogP contribution in [0.2, 0.25) is 0 Å². The van der Waals surface area contributed by atoms with E-state index in [1.54, 1.807) is 0 Å². The average molecular weight is 365 g/mol. The van der Waals surface area contributed by atoms with Crippen molar-refractivity contribution in [3.05, 3.63) is 0 Å². The van der Waals surface area contributed by atoms with Crippen LogP contribution >= 0.6 is 0 Å². The number of aliphatic hydroxyl groups excluding tert-OH is 1. The number of quaternary nitrogens is 1. The minimum absolute atomic E-state index is 0. The first-order chi connectivity index (χ1) is 11.0. The van der Waals surface area contributed by atoms with Gasteiger partial charge in [-0.25, -0.2) is 0 Å². The zero-order chi connectivity index (χ0) is 17.4. The molecule has 0 unspecified atom stereocenters. The molecule has 146 valence electrons. The summed E-state index contributed by atoms with van der Waals surface area (Å²) in [6, 6.07) is 0. The van der Waals surface area contributed by atoms with Crippen LogP contribution in [0.1, 0.15) is 77.6 Å². The van der Waals surface area contributed by atoms with E-state index < -0.39 is 0 Å². The van der Waals surface area contributed by atoms with E-state index in [2.05, 4.69) is 26.3 Å². The number of halogens is 1. The molecule has 0 aromatic heterocycles. The molecule has 0 aliphatic carbocycles. The maximum Gasteiger partial charge on any atom is 0.219 e. The van der Waals surface area contributed by atoms with Crippen LogP contribution in [-0.4, -0.2) is 55.8 Å². The highest BCUT2D eigenvalue weighted by molar-refractivity contribution is 5.75. The maximum absolute atomic E-state index is 11.7. The van der Waals surface area contributed by atoms with Crippen LogP contribution in [0.25, 0.3) is 0 Å². The van der Waals surface area contributed by atoms with Gasteiger partial charge in [0.15, 0.2) is 0 Å². The summed E-state index contributed by atoms with van der Waals surface area (Å²) >= 11 is 0. The largest absolute Gasteiger partial charge is 1.00 e. The Bertz CT molecular complexity index is 287. The fourth-order valence-electron chi connectivity index (χ4n) is 2.80. The Kier molecular flexibility index (Phi) is 18.9. The molecule has 1 amide bonds. The summed E-state index contributed by atoms with van der Waals surface area (Å²) in [6.07, 6.45) is 13.2. The van der Waals surface area contributed by atoms with E-state index in [1.807, 2.05) is 0 Å². The molecule has 0 aliphatic rings. The highest BCUT2D eigenvalue weighted by atomic mass is 35.5. The SMILES string of the molecule is CCCCCCCCCCCC(=O)NCCC[N+](C)(C)CCO.[Cl-]. The van der Waals surface area contributed by atoms with Gasteiger partial charge in [-0.1, -0.05) is 58.3 Å². The molecule has 2 N–H and O–H groups in total. The molecular weight excluding hydrogens is 324 g/mol. The molecule has 0 saturated carbocycles. The summed E-state index contributed by atoms with van der Waals surface area (Å²) in [4.78, 5) is 11.7. The number of nitrogens with zero attached hydrogens (tertiary/aromatic N) is 1. The molecule has 4 nitrogen and oxygen atoms in total. The monoisotopic (exact) mass is 364 g/mol. The van der Waals surface area contributed by atoms with Gasteiger partial charge in [0.25, 0.3) is 0 Å². The van der Waals surface area contributed by atoms with E-state index in [0.717, 1.165) is 37.0 Å². The normalized spacial score (nSPS) is 11.2. The number of unbranched alkanes of at least 4 members (excludes halogenated alkanes) is 8. The molecule has 0 spiro atoms. The number of likely N-dealkylation sites (N-methyl/N-ethyl adjacent to an activating group) is 1. The zero-order valence-corrected chi connectivity index (χ0v) is 17.0. The van der Waals surface area contributed by atoms with Crippen molar-refractivity contribution in [1.29, 1.82) is 0 Å². The molecule has 0 rings (SSSR count). The lowest BCUT2D eigenvalue weighted by atomic mass is 10.1. The van der Waals surface area contributed by atoms with Crippen LogP contribution in [0.4, 0.5) is 0 Å². The van der Waals surface area contributed by atoms with Gasteiger partial charge in [-0.05, 0) is 6.42 Å². The van der Waals surface area contributed by atoms with Crippen LogP contribution in [0.5, 0.6) is 0 Å². The molecule has 0 aliphatic heterocycles. The second-order valence-electron chi connectivity index (χ2n) is 7.39. The lowest BCUT2D eigenvalue weighted by Crippen LogP contribution is -3.00. The van der Waals surface area contributed by atoms with Gasteiger partial charge >= 0.3 is 0 Å². The Hall–Kier alpha value is -0.320. The number of nitrogens with one attached hydrogen (secondary N) is 1. The molecule has 24 heavy (non-hydrogen) atoms. The van der Waals surface area contributed by atoms with Crippen molar-refractivity contribution in [3.63, 3.8) is 0 Å². The van der Waals surface area contributed by atoms with Crippen LogP contribution in [0, 0.1) is 0 Å². The van der Waals surface area contributed by atoms with E-state index >= 15 is 0 Å². The van der Waals surface area contributed by atoms with Gasteiger partial charge in [0, 0.05) is 19.4 Å². The topological polar surface area (TPSA) is 49.3 Å². The molecule has 0 saturated heterocycles. The molecule has 0 bridgehead atoms. The number of aliphatic hydroxyl groups is 1. The molecule has 0 aromatic carbocycles. The third kappa shape index (κ3) is 18.0. The number of hydrogen-bond acceptors (Lipinski definition) is 2. The second kappa shape index (κ2) is 17.5. The summed E-state index contributed by atoms with van der Waals surface area (Å²) in [5, 5.41) is 12.0. The minimum atomic E-state index is 0. The average Bonchev–Trinajstić information content (AvgIpc) is 2.50. The van der Waals surface area contributed by atoms with E-state index in [9.17, 15) is 4.79 Å². The fourth-order valence-corrected chi connectivity index (χ4v) is 2.80. The Morgan fingerprint density at radius 3 is 1.96 bits per heavy atom. The van der Waals surface area contributed by atoms with E-state index in [1.165, 1.54) is 51.4 Å². The van der Waals surface area contributed by atoms with Gasteiger partial charge in [0.1, 0.15) is 6.54 Å². The maximum atomic E-state index is 11.7. The molecule has 0 aromatic rings. The van der Waals surface area contributed by atoms with Crippen molar-refractivity contribution >= 4 is 5.91 Å². The van der Waals surface area contributed by atoms with Crippen molar-refractivity contribution in [2.45, 2.75) is 77.6 Å².